The third kappa shape index (κ3) is 2.60. The first-order valence-electron chi connectivity index (χ1n) is 7.19. The molecule has 1 N–H and O–H groups in total. The molecule has 1 aliphatic carbocycles. The first-order valence-corrected chi connectivity index (χ1v) is 7.19. The van der Waals surface area contributed by atoms with Crippen molar-refractivity contribution in [3.05, 3.63) is 35.4 Å². The summed E-state index contributed by atoms with van der Waals surface area (Å²) >= 11 is 0. The van der Waals surface area contributed by atoms with Crippen LogP contribution in [0.3, 0.4) is 0 Å². The number of aryl methyl sites for hydroxylation is 1. The number of ether oxygens (including phenoxy) is 1. The number of hydrogen-bond acceptors (Lipinski definition) is 2. The van der Waals surface area contributed by atoms with Crippen LogP contribution in [0.4, 0.5) is 0 Å². The van der Waals surface area contributed by atoms with Gasteiger partial charge in [-0.1, -0.05) is 24.3 Å². The SMILES string of the molecule is CC1(CNC2CCc3ccccc3C2)CCCO1. The minimum atomic E-state index is 0.0803. The molecule has 0 radical (unpaired) electrons. The van der Waals surface area contributed by atoms with Crippen molar-refractivity contribution in [2.75, 3.05) is 13.2 Å². The van der Waals surface area contributed by atoms with E-state index in [0.29, 0.717) is 6.04 Å². The summed E-state index contributed by atoms with van der Waals surface area (Å²) in [5.41, 5.74) is 3.15. The molecule has 2 aliphatic rings. The highest BCUT2D eigenvalue weighted by atomic mass is 16.5. The fraction of sp³-hybridized carbons (Fsp3) is 0.625. The van der Waals surface area contributed by atoms with Gasteiger partial charge in [-0.25, -0.2) is 0 Å². The average Bonchev–Trinajstić information content (AvgIpc) is 2.84. The summed E-state index contributed by atoms with van der Waals surface area (Å²) in [5, 5.41) is 3.72. The molecular formula is C16H23NO. The van der Waals surface area contributed by atoms with Crippen molar-refractivity contribution in [3.63, 3.8) is 0 Å². The number of hydrogen-bond donors (Lipinski definition) is 1. The number of nitrogens with one attached hydrogen (secondary N) is 1. The maximum absolute atomic E-state index is 5.84. The van der Waals surface area contributed by atoms with Crippen LogP contribution in [-0.2, 0) is 17.6 Å². The van der Waals surface area contributed by atoms with Gasteiger partial charge in [-0.2, -0.15) is 0 Å². The van der Waals surface area contributed by atoms with Crippen LogP contribution in [0.25, 0.3) is 0 Å². The monoisotopic (exact) mass is 245 g/mol. The molecule has 0 aromatic heterocycles. The number of rotatable bonds is 3. The zero-order valence-electron chi connectivity index (χ0n) is 11.2. The van der Waals surface area contributed by atoms with Gasteiger partial charge >= 0.3 is 0 Å². The second-order valence-electron chi connectivity index (χ2n) is 5.99. The molecule has 1 aromatic rings. The lowest BCUT2D eigenvalue weighted by molar-refractivity contribution is 0.0184. The van der Waals surface area contributed by atoms with Crippen molar-refractivity contribution in [2.45, 2.75) is 50.7 Å². The van der Waals surface area contributed by atoms with E-state index < -0.39 is 0 Å². The van der Waals surface area contributed by atoms with E-state index in [-0.39, 0.29) is 5.60 Å². The highest BCUT2D eigenvalue weighted by Gasteiger charge is 2.30. The standard InChI is InChI=1S/C16H23NO/c1-16(9-4-10-18-16)12-17-15-8-7-13-5-2-3-6-14(13)11-15/h2-3,5-6,15,17H,4,7-12H2,1H3. The third-order valence-corrected chi connectivity index (χ3v) is 4.41. The Morgan fingerprint density at radius 2 is 2.17 bits per heavy atom. The Bertz CT molecular complexity index is 409. The van der Waals surface area contributed by atoms with Crippen LogP contribution in [0.1, 0.15) is 37.3 Å². The van der Waals surface area contributed by atoms with Gasteiger partial charge < -0.3 is 10.1 Å². The van der Waals surface area contributed by atoms with Gasteiger partial charge in [0.2, 0.25) is 0 Å². The van der Waals surface area contributed by atoms with E-state index in [9.17, 15) is 0 Å². The first-order chi connectivity index (χ1) is 8.75. The van der Waals surface area contributed by atoms with Gasteiger partial charge in [-0.3, -0.25) is 0 Å². The Morgan fingerprint density at radius 1 is 1.33 bits per heavy atom. The maximum Gasteiger partial charge on any atom is 0.0779 e. The Kier molecular flexibility index (Phi) is 3.40. The molecule has 0 amide bonds. The van der Waals surface area contributed by atoms with Crippen molar-refractivity contribution in [1.82, 2.24) is 5.32 Å². The zero-order chi connectivity index (χ0) is 12.4. The summed E-state index contributed by atoms with van der Waals surface area (Å²) in [6.45, 7) is 4.18. The lowest BCUT2D eigenvalue weighted by Crippen LogP contribution is -2.44. The molecule has 1 heterocycles. The minimum absolute atomic E-state index is 0.0803. The van der Waals surface area contributed by atoms with Crippen molar-refractivity contribution in [2.24, 2.45) is 0 Å². The molecule has 3 rings (SSSR count). The van der Waals surface area contributed by atoms with Crippen LogP contribution in [0.5, 0.6) is 0 Å². The fourth-order valence-corrected chi connectivity index (χ4v) is 3.21. The number of benzene rings is 1. The number of fused-ring (bicyclic) bond motifs is 1. The van der Waals surface area contributed by atoms with E-state index in [1.54, 1.807) is 5.56 Å². The predicted molar refractivity (Wildman–Crippen MR) is 73.8 cm³/mol. The van der Waals surface area contributed by atoms with Gasteiger partial charge in [0.1, 0.15) is 0 Å². The van der Waals surface area contributed by atoms with Gasteiger partial charge in [-0.05, 0) is 50.2 Å². The molecule has 0 spiro atoms. The molecule has 1 aliphatic heterocycles. The van der Waals surface area contributed by atoms with E-state index in [1.807, 2.05) is 0 Å². The topological polar surface area (TPSA) is 21.3 Å². The van der Waals surface area contributed by atoms with Crippen LogP contribution in [0.2, 0.25) is 0 Å². The van der Waals surface area contributed by atoms with E-state index in [1.165, 1.54) is 37.7 Å². The molecule has 2 unspecified atom stereocenters. The normalized spacial score (nSPS) is 31.3. The molecule has 0 bridgehead atoms. The van der Waals surface area contributed by atoms with E-state index in [2.05, 4.69) is 36.5 Å². The molecule has 1 aromatic carbocycles. The maximum atomic E-state index is 5.84. The highest BCUT2D eigenvalue weighted by molar-refractivity contribution is 5.30. The second kappa shape index (κ2) is 5.02. The molecule has 2 atom stereocenters. The fourth-order valence-electron chi connectivity index (χ4n) is 3.21. The molecule has 18 heavy (non-hydrogen) atoms. The lowest BCUT2D eigenvalue weighted by Gasteiger charge is -2.30. The quantitative estimate of drug-likeness (QED) is 0.884. The summed E-state index contributed by atoms with van der Waals surface area (Å²) in [6, 6.07) is 9.48. The van der Waals surface area contributed by atoms with E-state index in [4.69, 9.17) is 4.74 Å². The average molecular weight is 245 g/mol. The third-order valence-electron chi connectivity index (χ3n) is 4.41. The Labute approximate surface area is 110 Å². The summed E-state index contributed by atoms with van der Waals surface area (Å²) < 4.78 is 5.84. The smallest absolute Gasteiger partial charge is 0.0779 e. The zero-order valence-corrected chi connectivity index (χ0v) is 11.2. The van der Waals surface area contributed by atoms with Gasteiger partial charge in [0.05, 0.1) is 5.60 Å². The van der Waals surface area contributed by atoms with Crippen LogP contribution in [0, 0.1) is 0 Å². The van der Waals surface area contributed by atoms with Crippen molar-refractivity contribution >= 4 is 0 Å². The van der Waals surface area contributed by atoms with E-state index in [0.717, 1.165) is 13.2 Å². The Hall–Kier alpha value is -0.860. The van der Waals surface area contributed by atoms with Gasteiger partial charge in [-0.15, -0.1) is 0 Å². The van der Waals surface area contributed by atoms with Crippen molar-refractivity contribution < 1.29 is 4.74 Å². The Morgan fingerprint density at radius 3 is 2.94 bits per heavy atom. The lowest BCUT2D eigenvalue weighted by atomic mass is 9.88. The van der Waals surface area contributed by atoms with Crippen molar-refractivity contribution in [3.8, 4) is 0 Å². The second-order valence-corrected chi connectivity index (χ2v) is 5.99. The summed E-state index contributed by atoms with van der Waals surface area (Å²) in [6.07, 6.45) is 6.06. The molecule has 2 nitrogen and oxygen atoms in total. The molecular weight excluding hydrogens is 222 g/mol. The van der Waals surface area contributed by atoms with Gasteiger partial charge in [0.15, 0.2) is 0 Å². The van der Waals surface area contributed by atoms with Crippen LogP contribution >= 0.6 is 0 Å². The molecule has 1 saturated heterocycles. The van der Waals surface area contributed by atoms with Crippen LogP contribution < -0.4 is 5.32 Å². The first kappa shape index (κ1) is 12.2. The Balaban J connectivity index is 1.56. The van der Waals surface area contributed by atoms with Crippen molar-refractivity contribution in [1.29, 1.82) is 0 Å². The largest absolute Gasteiger partial charge is 0.374 e. The summed E-state index contributed by atoms with van der Waals surface area (Å²) in [5.74, 6) is 0. The summed E-state index contributed by atoms with van der Waals surface area (Å²) in [7, 11) is 0. The molecule has 1 fully saturated rings. The van der Waals surface area contributed by atoms with Crippen LogP contribution in [0.15, 0.2) is 24.3 Å². The molecule has 2 heteroatoms. The van der Waals surface area contributed by atoms with Gasteiger partial charge in [0.25, 0.3) is 0 Å². The minimum Gasteiger partial charge on any atom is -0.374 e. The highest BCUT2D eigenvalue weighted by Crippen LogP contribution is 2.25. The van der Waals surface area contributed by atoms with Crippen LogP contribution in [-0.4, -0.2) is 24.8 Å². The molecule has 0 saturated carbocycles. The van der Waals surface area contributed by atoms with Gasteiger partial charge in [0, 0.05) is 19.2 Å². The predicted octanol–water partition coefficient (Wildman–Crippen LogP) is 2.70. The van der Waals surface area contributed by atoms with E-state index >= 15 is 0 Å². The summed E-state index contributed by atoms with van der Waals surface area (Å²) in [4.78, 5) is 0. The molecule has 98 valence electrons.